The van der Waals surface area contributed by atoms with Crippen molar-refractivity contribution in [1.82, 2.24) is 9.78 Å². The molecule has 5 heteroatoms. The molecule has 0 aliphatic carbocycles. The molecule has 1 saturated heterocycles. The molecule has 0 atom stereocenters. The van der Waals surface area contributed by atoms with Crippen molar-refractivity contribution in [2.24, 2.45) is 7.05 Å². The molecule has 1 aliphatic heterocycles. The van der Waals surface area contributed by atoms with Crippen LogP contribution >= 0.6 is 0 Å². The number of carboxylic acids is 1. The second kappa shape index (κ2) is 3.32. The Balaban J connectivity index is 2.38. The lowest BCUT2D eigenvalue weighted by Gasteiger charge is -2.18. The molecule has 0 saturated carbocycles. The first-order valence-corrected chi connectivity index (χ1v) is 4.70. The van der Waals surface area contributed by atoms with Gasteiger partial charge in [-0.05, 0) is 12.8 Å². The van der Waals surface area contributed by atoms with Gasteiger partial charge in [0.25, 0.3) is 0 Å². The fraction of sp³-hybridized carbons (Fsp3) is 0.556. The molecule has 0 unspecified atom stereocenters. The Labute approximate surface area is 81.9 Å². The fourth-order valence-corrected chi connectivity index (χ4v) is 1.89. The number of carboxylic acid groups (broad SMARTS) is 1. The molecule has 0 aromatic carbocycles. The first kappa shape index (κ1) is 9.05. The number of anilines is 1. The Hall–Kier alpha value is -1.52. The van der Waals surface area contributed by atoms with Gasteiger partial charge >= 0.3 is 5.97 Å². The van der Waals surface area contributed by atoms with Crippen LogP contribution in [0.3, 0.4) is 0 Å². The van der Waals surface area contributed by atoms with Crippen LogP contribution < -0.4 is 4.90 Å². The molecule has 5 nitrogen and oxygen atoms in total. The smallest absolute Gasteiger partial charge is 0.341 e. The minimum Gasteiger partial charge on any atom is -0.477 e. The third-order valence-electron chi connectivity index (χ3n) is 2.54. The summed E-state index contributed by atoms with van der Waals surface area (Å²) in [4.78, 5) is 13.0. The van der Waals surface area contributed by atoms with Crippen LogP contribution in [0.4, 0.5) is 5.82 Å². The number of rotatable bonds is 2. The molecule has 1 N–H and O–H groups in total. The van der Waals surface area contributed by atoms with Crippen molar-refractivity contribution in [3.63, 3.8) is 0 Å². The van der Waals surface area contributed by atoms with Crippen LogP contribution in [0.25, 0.3) is 0 Å². The Kier molecular flexibility index (Phi) is 2.15. The summed E-state index contributed by atoms with van der Waals surface area (Å²) in [6, 6.07) is 0. The van der Waals surface area contributed by atoms with Gasteiger partial charge < -0.3 is 10.0 Å². The molecule has 0 amide bonds. The van der Waals surface area contributed by atoms with Gasteiger partial charge in [-0.15, -0.1) is 0 Å². The average molecular weight is 195 g/mol. The molecule has 1 aliphatic rings. The van der Waals surface area contributed by atoms with Gasteiger partial charge in [-0.1, -0.05) is 0 Å². The SMILES string of the molecule is Cn1ncc(C(=O)O)c1N1CCCC1. The van der Waals surface area contributed by atoms with Crippen molar-refractivity contribution >= 4 is 11.8 Å². The zero-order valence-electron chi connectivity index (χ0n) is 8.10. The zero-order chi connectivity index (χ0) is 10.1. The molecule has 2 heterocycles. The van der Waals surface area contributed by atoms with E-state index in [1.165, 1.54) is 6.20 Å². The summed E-state index contributed by atoms with van der Waals surface area (Å²) in [5, 5.41) is 12.9. The molecule has 0 bridgehead atoms. The van der Waals surface area contributed by atoms with E-state index in [1.54, 1.807) is 11.7 Å². The lowest BCUT2D eigenvalue weighted by molar-refractivity contribution is 0.0697. The van der Waals surface area contributed by atoms with Crippen molar-refractivity contribution in [1.29, 1.82) is 0 Å². The Bertz CT molecular complexity index is 353. The largest absolute Gasteiger partial charge is 0.477 e. The molecule has 0 radical (unpaired) electrons. The number of nitrogens with zero attached hydrogens (tertiary/aromatic N) is 3. The maximum Gasteiger partial charge on any atom is 0.341 e. The highest BCUT2D eigenvalue weighted by molar-refractivity contribution is 5.93. The summed E-state index contributed by atoms with van der Waals surface area (Å²) in [5.41, 5.74) is 0.300. The van der Waals surface area contributed by atoms with Gasteiger partial charge in [0.2, 0.25) is 0 Å². The quantitative estimate of drug-likeness (QED) is 0.755. The number of carbonyl (C=O) groups is 1. The summed E-state index contributed by atoms with van der Waals surface area (Å²) >= 11 is 0. The molecule has 76 valence electrons. The summed E-state index contributed by atoms with van der Waals surface area (Å²) in [7, 11) is 1.78. The average Bonchev–Trinajstić information content (AvgIpc) is 2.71. The topological polar surface area (TPSA) is 58.4 Å². The van der Waals surface area contributed by atoms with E-state index in [0.717, 1.165) is 31.7 Å². The van der Waals surface area contributed by atoms with Crippen LogP contribution in [-0.2, 0) is 7.05 Å². The predicted molar refractivity (Wildman–Crippen MR) is 51.6 cm³/mol. The maximum atomic E-state index is 10.9. The number of hydrogen-bond acceptors (Lipinski definition) is 3. The van der Waals surface area contributed by atoms with E-state index in [9.17, 15) is 4.79 Å². The van der Waals surface area contributed by atoms with Gasteiger partial charge in [0.1, 0.15) is 11.4 Å². The van der Waals surface area contributed by atoms with Gasteiger partial charge in [0.05, 0.1) is 6.20 Å². The lowest BCUT2D eigenvalue weighted by atomic mass is 10.3. The summed E-state index contributed by atoms with van der Waals surface area (Å²) in [5.74, 6) is -0.171. The first-order valence-electron chi connectivity index (χ1n) is 4.70. The van der Waals surface area contributed by atoms with E-state index in [1.807, 2.05) is 0 Å². The Morgan fingerprint density at radius 3 is 2.71 bits per heavy atom. The fourth-order valence-electron chi connectivity index (χ4n) is 1.89. The van der Waals surface area contributed by atoms with Crippen molar-refractivity contribution in [3.05, 3.63) is 11.8 Å². The minimum atomic E-state index is -0.903. The summed E-state index contributed by atoms with van der Waals surface area (Å²) in [6.07, 6.45) is 3.67. The van der Waals surface area contributed by atoms with E-state index in [2.05, 4.69) is 10.00 Å². The lowest BCUT2D eigenvalue weighted by Crippen LogP contribution is -2.22. The molecular weight excluding hydrogens is 182 g/mol. The van der Waals surface area contributed by atoms with Gasteiger partial charge in [-0.3, -0.25) is 4.68 Å². The van der Waals surface area contributed by atoms with Crippen LogP contribution in [0.2, 0.25) is 0 Å². The molecule has 1 fully saturated rings. The number of aromatic carboxylic acids is 1. The molecule has 0 spiro atoms. The minimum absolute atomic E-state index is 0.300. The standard InChI is InChI=1S/C9H13N3O2/c1-11-8(12-4-2-3-5-12)7(6-10-11)9(13)14/h6H,2-5H2,1H3,(H,13,14). The molecule has 14 heavy (non-hydrogen) atoms. The second-order valence-corrected chi connectivity index (χ2v) is 3.50. The monoisotopic (exact) mass is 195 g/mol. The summed E-state index contributed by atoms with van der Waals surface area (Å²) < 4.78 is 1.63. The number of aromatic nitrogens is 2. The van der Waals surface area contributed by atoms with Crippen molar-refractivity contribution in [3.8, 4) is 0 Å². The summed E-state index contributed by atoms with van der Waals surface area (Å²) in [6.45, 7) is 1.86. The third kappa shape index (κ3) is 1.34. The highest BCUT2D eigenvalue weighted by atomic mass is 16.4. The van der Waals surface area contributed by atoms with Crippen LogP contribution in [0.5, 0.6) is 0 Å². The van der Waals surface area contributed by atoms with Gasteiger partial charge in [-0.2, -0.15) is 5.10 Å². The number of hydrogen-bond donors (Lipinski definition) is 1. The highest BCUT2D eigenvalue weighted by Crippen LogP contribution is 2.23. The van der Waals surface area contributed by atoms with E-state index >= 15 is 0 Å². The molecule has 1 aromatic rings. The van der Waals surface area contributed by atoms with Crippen LogP contribution in [-0.4, -0.2) is 33.9 Å². The first-order chi connectivity index (χ1) is 6.70. The molecule has 2 rings (SSSR count). The molecule has 1 aromatic heterocycles. The predicted octanol–water partition coefficient (Wildman–Crippen LogP) is 0.719. The van der Waals surface area contributed by atoms with Crippen molar-refractivity contribution < 1.29 is 9.90 Å². The normalized spacial score (nSPS) is 16.2. The van der Waals surface area contributed by atoms with Crippen molar-refractivity contribution in [2.45, 2.75) is 12.8 Å². The van der Waals surface area contributed by atoms with Crippen LogP contribution in [0.1, 0.15) is 23.2 Å². The Morgan fingerprint density at radius 1 is 1.50 bits per heavy atom. The van der Waals surface area contributed by atoms with Gasteiger partial charge in [0.15, 0.2) is 0 Å². The third-order valence-corrected chi connectivity index (χ3v) is 2.54. The van der Waals surface area contributed by atoms with Crippen LogP contribution in [0, 0.1) is 0 Å². The van der Waals surface area contributed by atoms with E-state index in [-0.39, 0.29) is 0 Å². The van der Waals surface area contributed by atoms with Gasteiger partial charge in [0, 0.05) is 20.1 Å². The number of aryl methyl sites for hydroxylation is 1. The van der Waals surface area contributed by atoms with E-state index in [0.29, 0.717) is 5.56 Å². The zero-order valence-corrected chi connectivity index (χ0v) is 8.10. The highest BCUT2D eigenvalue weighted by Gasteiger charge is 2.22. The van der Waals surface area contributed by atoms with Crippen LogP contribution in [0.15, 0.2) is 6.20 Å². The van der Waals surface area contributed by atoms with Gasteiger partial charge in [-0.25, -0.2) is 4.79 Å². The molecular formula is C9H13N3O2. The van der Waals surface area contributed by atoms with Crippen molar-refractivity contribution in [2.75, 3.05) is 18.0 Å². The Morgan fingerprint density at radius 2 is 2.14 bits per heavy atom. The second-order valence-electron chi connectivity index (χ2n) is 3.50. The van der Waals surface area contributed by atoms with E-state index in [4.69, 9.17) is 5.11 Å². The maximum absolute atomic E-state index is 10.9. The van der Waals surface area contributed by atoms with E-state index < -0.39 is 5.97 Å².